The molecule has 90 valence electrons. The largest absolute Gasteiger partial charge is 0.326 e. The van der Waals surface area contributed by atoms with Crippen LogP contribution >= 0.6 is 11.3 Å². The Bertz CT molecular complexity index is 488. The summed E-state index contributed by atoms with van der Waals surface area (Å²) in [5.41, 5.74) is 9.71. The van der Waals surface area contributed by atoms with Gasteiger partial charge in [0.25, 0.3) is 0 Å². The maximum atomic E-state index is 5.63. The molecular formula is C15H19NS. The van der Waals surface area contributed by atoms with Crippen molar-refractivity contribution in [3.05, 3.63) is 46.8 Å². The number of hydrogen-bond donors (Lipinski definition) is 1. The van der Waals surface area contributed by atoms with Crippen LogP contribution in [0.5, 0.6) is 0 Å². The molecule has 0 bridgehead atoms. The van der Waals surface area contributed by atoms with Gasteiger partial charge in [0.1, 0.15) is 0 Å². The molecule has 2 aromatic rings. The van der Waals surface area contributed by atoms with Crippen molar-refractivity contribution in [2.24, 2.45) is 5.73 Å². The first-order valence-corrected chi connectivity index (χ1v) is 6.77. The van der Waals surface area contributed by atoms with E-state index in [2.05, 4.69) is 56.5 Å². The first-order chi connectivity index (χ1) is 8.00. The molecule has 0 saturated carbocycles. The van der Waals surface area contributed by atoms with E-state index in [1.165, 1.54) is 21.6 Å². The number of rotatable bonds is 2. The summed E-state index contributed by atoms with van der Waals surface area (Å²) >= 11 is 1.76. The monoisotopic (exact) mass is 245 g/mol. The van der Waals surface area contributed by atoms with Crippen LogP contribution in [0.15, 0.2) is 35.7 Å². The van der Waals surface area contributed by atoms with Crippen molar-refractivity contribution in [2.45, 2.75) is 32.7 Å². The standard InChI is InChI=1S/C15H19NS/c1-15(2,3)13-6-4-12(5-7-13)14-8-11(9-16)10-17-14/h4-8,10H,9,16H2,1-3H3. The fourth-order valence-corrected chi connectivity index (χ4v) is 2.70. The zero-order valence-electron chi connectivity index (χ0n) is 10.7. The van der Waals surface area contributed by atoms with Crippen molar-refractivity contribution in [2.75, 3.05) is 0 Å². The SMILES string of the molecule is CC(C)(C)c1ccc(-c2cc(CN)cs2)cc1. The van der Waals surface area contributed by atoms with Gasteiger partial charge in [-0.15, -0.1) is 11.3 Å². The Kier molecular flexibility index (Phi) is 3.36. The lowest BCUT2D eigenvalue weighted by atomic mass is 9.86. The highest BCUT2D eigenvalue weighted by atomic mass is 32.1. The normalized spacial score (nSPS) is 11.8. The summed E-state index contributed by atoms with van der Waals surface area (Å²) in [6, 6.07) is 11.0. The smallest absolute Gasteiger partial charge is 0.0346 e. The molecule has 17 heavy (non-hydrogen) atoms. The number of nitrogens with two attached hydrogens (primary N) is 1. The maximum absolute atomic E-state index is 5.63. The minimum atomic E-state index is 0.219. The third-order valence-electron chi connectivity index (χ3n) is 2.92. The molecule has 0 atom stereocenters. The van der Waals surface area contributed by atoms with Gasteiger partial charge < -0.3 is 5.73 Å². The Balaban J connectivity index is 2.29. The summed E-state index contributed by atoms with van der Waals surface area (Å²) in [6.07, 6.45) is 0. The zero-order chi connectivity index (χ0) is 12.5. The fourth-order valence-electron chi connectivity index (χ4n) is 1.77. The van der Waals surface area contributed by atoms with Crippen LogP contribution in [0.2, 0.25) is 0 Å². The van der Waals surface area contributed by atoms with E-state index in [1.54, 1.807) is 11.3 Å². The minimum absolute atomic E-state index is 0.219. The van der Waals surface area contributed by atoms with Crippen LogP contribution in [0.4, 0.5) is 0 Å². The summed E-state index contributed by atoms with van der Waals surface area (Å²) in [6.45, 7) is 7.33. The van der Waals surface area contributed by atoms with Crippen LogP contribution in [0.1, 0.15) is 31.9 Å². The fraction of sp³-hybridized carbons (Fsp3) is 0.333. The van der Waals surface area contributed by atoms with E-state index >= 15 is 0 Å². The highest BCUT2D eigenvalue weighted by Gasteiger charge is 2.13. The lowest BCUT2D eigenvalue weighted by Gasteiger charge is -2.18. The maximum Gasteiger partial charge on any atom is 0.0346 e. The van der Waals surface area contributed by atoms with E-state index in [0.717, 1.165) is 0 Å². The topological polar surface area (TPSA) is 26.0 Å². The van der Waals surface area contributed by atoms with Crippen molar-refractivity contribution in [1.29, 1.82) is 0 Å². The van der Waals surface area contributed by atoms with E-state index in [0.29, 0.717) is 6.54 Å². The van der Waals surface area contributed by atoms with Gasteiger partial charge in [0.2, 0.25) is 0 Å². The van der Waals surface area contributed by atoms with E-state index in [4.69, 9.17) is 5.73 Å². The number of hydrogen-bond acceptors (Lipinski definition) is 2. The third kappa shape index (κ3) is 2.76. The first kappa shape index (κ1) is 12.3. The molecule has 0 saturated heterocycles. The molecule has 0 amide bonds. The first-order valence-electron chi connectivity index (χ1n) is 5.89. The van der Waals surface area contributed by atoms with E-state index in [9.17, 15) is 0 Å². The van der Waals surface area contributed by atoms with E-state index in [-0.39, 0.29) is 5.41 Å². The predicted molar refractivity (Wildman–Crippen MR) is 76.3 cm³/mol. The molecular weight excluding hydrogens is 226 g/mol. The van der Waals surface area contributed by atoms with Gasteiger partial charge in [0.05, 0.1) is 0 Å². The van der Waals surface area contributed by atoms with Crippen molar-refractivity contribution in [3.63, 3.8) is 0 Å². The summed E-state index contributed by atoms with van der Waals surface area (Å²) < 4.78 is 0. The van der Waals surface area contributed by atoms with Crippen LogP contribution < -0.4 is 5.73 Å². The van der Waals surface area contributed by atoms with Crippen molar-refractivity contribution < 1.29 is 0 Å². The van der Waals surface area contributed by atoms with E-state index in [1.807, 2.05) is 0 Å². The molecule has 1 aromatic heterocycles. The molecule has 2 rings (SSSR count). The van der Waals surface area contributed by atoms with Crippen molar-refractivity contribution in [3.8, 4) is 10.4 Å². The van der Waals surface area contributed by atoms with Crippen LogP contribution in [-0.4, -0.2) is 0 Å². The summed E-state index contributed by atoms with van der Waals surface area (Å²) in [5, 5.41) is 2.13. The van der Waals surface area contributed by atoms with Gasteiger partial charge in [-0.05, 0) is 33.6 Å². The van der Waals surface area contributed by atoms with Gasteiger partial charge >= 0.3 is 0 Å². The highest BCUT2D eigenvalue weighted by Crippen LogP contribution is 2.29. The molecule has 0 aliphatic heterocycles. The van der Waals surface area contributed by atoms with Gasteiger partial charge in [0.15, 0.2) is 0 Å². The Morgan fingerprint density at radius 1 is 1.12 bits per heavy atom. The molecule has 1 aromatic carbocycles. The summed E-state index contributed by atoms with van der Waals surface area (Å²) in [5.74, 6) is 0. The van der Waals surface area contributed by atoms with Gasteiger partial charge in [-0.1, -0.05) is 45.0 Å². The molecule has 2 heteroatoms. The average molecular weight is 245 g/mol. The molecule has 0 radical (unpaired) electrons. The van der Waals surface area contributed by atoms with Crippen LogP contribution in [0, 0.1) is 0 Å². The zero-order valence-corrected chi connectivity index (χ0v) is 11.5. The molecule has 2 N–H and O–H groups in total. The van der Waals surface area contributed by atoms with Gasteiger partial charge in [0, 0.05) is 11.4 Å². The second-order valence-corrected chi connectivity index (χ2v) is 6.26. The van der Waals surface area contributed by atoms with E-state index < -0.39 is 0 Å². The van der Waals surface area contributed by atoms with Crippen LogP contribution in [0.3, 0.4) is 0 Å². The second kappa shape index (κ2) is 4.63. The van der Waals surface area contributed by atoms with Gasteiger partial charge in [-0.2, -0.15) is 0 Å². The van der Waals surface area contributed by atoms with Crippen LogP contribution in [-0.2, 0) is 12.0 Å². The quantitative estimate of drug-likeness (QED) is 0.844. The molecule has 0 unspecified atom stereocenters. The molecule has 0 spiro atoms. The number of thiophene rings is 1. The third-order valence-corrected chi connectivity index (χ3v) is 3.95. The molecule has 1 heterocycles. The number of benzene rings is 1. The lowest BCUT2D eigenvalue weighted by Crippen LogP contribution is -2.10. The highest BCUT2D eigenvalue weighted by molar-refractivity contribution is 7.13. The lowest BCUT2D eigenvalue weighted by molar-refractivity contribution is 0.590. The Morgan fingerprint density at radius 2 is 1.76 bits per heavy atom. The molecule has 0 aliphatic rings. The molecule has 1 nitrogen and oxygen atoms in total. The van der Waals surface area contributed by atoms with Crippen molar-refractivity contribution >= 4 is 11.3 Å². The molecule has 0 fully saturated rings. The van der Waals surface area contributed by atoms with Gasteiger partial charge in [-0.25, -0.2) is 0 Å². The van der Waals surface area contributed by atoms with Crippen molar-refractivity contribution in [1.82, 2.24) is 0 Å². The molecule has 0 aliphatic carbocycles. The Morgan fingerprint density at radius 3 is 2.24 bits per heavy atom. The minimum Gasteiger partial charge on any atom is -0.326 e. The predicted octanol–water partition coefficient (Wildman–Crippen LogP) is 4.17. The summed E-state index contributed by atoms with van der Waals surface area (Å²) in [4.78, 5) is 1.30. The van der Waals surface area contributed by atoms with Gasteiger partial charge in [-0.3, -0.25) is 0 Å². The second-order valence-electron chi connectivity index (χ2n) is 5.35. The average Bonchev–Trinajstić information content (AvgIpc) is 2.76. The van der Waals surface area contributed by atoms with Crippen LogP contribution in [0.25, 0.3) is 10.4 Å². The Hall–Kier alpha value is -1.12. The Labute approximate surface area is 107 Å². The summed E-state index contributed by atoms with van der Waals surface area (Å²) in [7, 11) is 0.